The topological polar surface area (TPSA) is 26.0 Å². The van der Waals surface area contributed by atoms with Gasteiger partial charge in [-0.15, -0.1) is 0 Å². The molecule has 1 nitrogen and oxygen atoms in total. The molecule has 0 aliphatic rings. The molecule has 0 heterocycles. The van der Waals surface area contributed by atoms with E-state index in [4.69, 9.17) is 5.73 Å². The van der Waals surface area contributed by atoms with E-state index >= 15 is 0 Å². The van der Waals surface area contributed by atoms with Gasteiger partial charge in [0.1, 0.15) is 0 Å². The van der Waals surface area contributed by atoms with E-state index in [2.05, 4.69) is 15.9 Å². The number of nitrogens with two attached hydrogens (primary N) is 1. The van der Waals surface area contributed by atoms with Crippen LogP contribution >= 0.6 is 15.9 Å². The minimum Gasteiger partial charge on any atom is -0.324 e. The molecule has 18 heavy (non-hydrogen) atoms. The first kappa shape index (κ1) is 15.5. The van der Waals surface area contributed by atoms with Crippen molar-refractivity contribution in [3.05, 3.63) is 33.8 Å². The molecule has 1 rings (SSSR count). The van der Waals surface area contributed by atoms with Gasteiger partial charge in [0.25, 0.3) is 0 Å². The van der Waals surface area contributed by atoms with Gasteiger partial charge in [0.15, 0.2) is 0 Å². The lowest BCUT2D eigenvalue weighted by molar-refractivity contribution is -0.138. The Morgan fingerprint density at radius 1 is 1.33 bits per heavy atom. The largest absolute Gasteiger partial charge is 0.416 e. The van der Waals surface area contributed by atoms with Gasteiger partial charge in [-0.3, -0.25) is 0 Å². The van der Waals surface area contributed by atoms with Crippen LogP contribution in [0, 0.1) is 5.92 Å². The second-order valence-electron chi connectivity index (χ2n) is 4.58. The summed E-state index contributed by atoms with van der Waals surface area (Å²) in [5, 5.41) is 0. The first-order chi connectivity index (χ1) is 8.25. The smallest absolute Gasteiger partial charge is 0.324 e. The predicted octanol–water partition coefficient (Wildman–Crippen LogP) is 4.90. The highest BCUT2D eigenvalue weighted by Crippen LogP contribution is 2.37. The molecule has 1 aromatic carbocycles. The van der Waals surface area contributed by atoms with E-state index in [9.17, 15) is 13.2 Å². The Morgan fingerprint density at radius 3 is 2.44 bits per heavy atom. The van der Waals surface area contributed by atoms with Crippen LogP contribution in [-0.4, -0.2) is 0 Å². The van der Waals surface area contributed by atoms with E-state index in [-0.39, 0.29) is 5.56 Å². The molecular weight excluding hydrogens is 307 g/mol. The Bertz CT molecular complexity index is 404. The van der Waals surface area contributed by atoms with E-state index < -0.39 is 17.8 Å². The molecule has 0 saturated heterocycles. The van der Waals surface area contributed by atoms with Gasteiger partial charge >= 0.3 is 6.18 Å². The maximum atomic E-state index is 12.9. The van der Waals surface area contributed by atoms with E-state index in [1.54, 1.807) is 6.07 Å². The van der Waals surface area contributed by atoms with Gasteiger partial charge < -0.3 is 5.73 Å². The quantitative estimate of drug-likeness (QED) is 0.837. The predicted molar refractivity (Wildman–Crippen MR) is 70.1 cm³/mol. The SMILES string of the molecule is CCC(C)CC(N)c1ccc(Br)cc1C(F)(F)F. The molecule has 0 radical (unpaired) electrons. The minimum absolute atomic E-state index is 0.172. The number of benzene rings is 1. The maximum Gasteiger partial charge on any atom is 0.416 e. The molecule has 0 aliphatic carbocycles. The Balaban J connectivity index is 3.08. The van der Waals surface area contributed by atoms with Crippen LogP contribution < -0.4 is 5.73 Å². The molecule has 2 atom stereocenters. The molecule has 5 heteroatoms. The zero-order valence-corrected chi connectivity index (χ0v) is 12.0. The Hall–Kier alpha value is -0.550. The van der Waals surface area contributed by atoms with E-state index in [1.807, 2.05) is 13.8 Å². The van der Waals surface area contributed by atoms with Crippen LogP contribution in [0.2, 0.25) is 0 Å². The summed E-state index contributed by atoms with van der Waals surface area (Å²) in [5.74, 6) is 0.310. The highest BCUT2D eigenvalue weighted by Gasteiger charge is 2.34. The summed E-state index contributed by atoms with van der Waals surface area (Å²) in [6.07, 6.45) is -2.90. The molecule has 0 saturated carbocycles. The molecule has 2 unspecified atom stereocenters. The molecule has 0 amide bonds. The van der Waals surface area contributed by atoms with Crippen molar-refractivity contribution in [1.82, 2.24) is 0 Å². The molecule has 0 aliphatic heterocycles. The molecule has 0 spiro atoms. The molecule has 2 N–H and O–H groups in total. The fraction of sp³-hybridized carbons (Fsp3) is 0.538. The molecular formula is C13H17BrF3N. The number of hydrogen-bond donors (Lipinski definition) is 1. The first-order valence-corrected chi connectivity index (χ1v) is 6.67. The van der Waals surface area contributed by atoms with Crippen LogP contribution in [0.25, 0.3) is 0 Å². The first-order valence-electron chi connectivity index (χ1n) is 5.88. The van der Waals surface area contributed by atoms with Crippen molar-refractivity contribution in [2.45, 2.75) is 38.9 Å². The number of rotatable bonds is 4. The van der Waals surface area contributed by atoms with Crippen molar-refractivity contribution in [2.24, 2.45) is 11.7 Å². The fourth-order valence-corrected chi connectivity index (χ4v) is 2.19. The van der Waals surface area contributed by atoms with Crippen LogP contribution in [-0.2, 0) is 6.18 Å². The maximum absolute atomic E-state index is 12.9. The lowest BCUT2D eigenvalue weighted by Crippen LogP contribution is -2.19. The normalized spacial score (nSPS) is 15.5. The Labute approximate surface area is 114 Å². The van der Waals surface area contributed by atoms with Crippen LogP contribution in [0.1, 0.15) is 43.9 Å². The van der Waals surface area contributed by atoms with Crippen molar-refractivity contribution in [3.63, 3.8) is 0 Å². The van der Waals surface area contributed by atoms with Gasteiger partial charge in [0, 0.05) is 10.5 Å². The van der Waals surface area contributed by atoms with Gasteiger partial charge in [0.2, 0.25) is 0 Å². The number of alkyl halides is 3. The van der Waals surface area contributed by atoms with Gasteiger partial charge in [-0.25, -0.2) is 0 Å². The summed E-state index contributed by atoms with van der Waals surface area (Å²) in [7, 11) is 0. The average Bonchev–Trinajstić information content (AvgIpc) is 2.27. The zero-order chi connectivity index (χ0) is 13.9. The number of halogens is 4. The minimum atomic E-state index is -4.37. The third-order valence-electron chi connectivity index (χ3n) is 3.07. The number of hydrogen-bond acceptors (Lipinski definition) is 1. The summed E-state index contributed by atoms with van der Waals surface area (Å²) < 4.78 is 39.2. The summed E-state index contributed by atoms with van der Waals surface area (Å²) >= 11 is 3.06. The third-order valence-corrected chi connectivity index (χ3v) is 3.57. The standard InChI is InChI=1S/C13H17BrF3N/c1-3-8(2)6-12(18)10-5-4-9(14)7-11(10)13(15,16)17/h4-5,7-8,12H,3,6,18H2,1-2H3. The highest BCUT2D eigenvalue weighted by atomic mass is 79.9. The molecule has 0 aromatic heterocycles. The van der Waals surface area contributed by atoms with Crippen molar-refractivity contribution in [3.8, 4) is 0 Å². The second-order valence-corrected chi connectivity index (χ2v) is 5.50. The molecule has 1 aromatic rings. The summed E-state index contributed by atoms with van der Waals surface area (Å²) in [5.41, 5.74) is 5.43. The van der Waals surface area contributed by atoms with Gasteiger partial charge in [-0.2, -0.15) is 13.2 Å². The highest BCUT2D eigenvalue weighted by molar-refractivity contribution is 9.10. The monoisotopic (exact) mass is 323 g/mol. The van der Waals surface area contributed by atoms with Crippen LogP contribution in [0.3, 0.4) is 0 Å². The van der Waals surface area contributed by atoms with Crippen molar-refractivity contribution in [1.29, 1.82) is 0 Å². The molecule has 0 bridgehead atoms. The van der Waals surface area contributed by atoms with Crippen LogP contribution in [0.4, 0.5) is 13.2 Å². The third kappa shape index (κ3) is 3.99. The van der Waals surface area contributed by atoms with Crippen LogP contribution in [0.15, 0.2) is 22.7 Å². The van der Waals surface area contributed by atoms with Crippen molar-refractivity contribution >= 4 is 15.9 Å². The van der Waals surface area contributed by atoms with E-state index in [1.165, 1.54) is 6.07 Å². The summed E-state index contributed by atoms with van der Waals surface area (Å²) in [4.78, 5) is 0. The Kier molecular flexibility index (Phi) is 5.22. The second kappa shape index (κ2) is 6.06. The zero-order valence-electron chi connectivity index (χ0n) is 10.4. The Morgan fingerprint density at radius 2 is 1.94 bits per heavy atom. The summed E-state index contributed by atoms with van der Waals surface area (Å²) in [6, 6.07) is 3.57. The summed E-state index contributed by atoms with van der Waals surface area (Å²) in [6.45, 7) is 4.00. The van der Waals surface area contributed by atoms with Crippen molar-refractivity contribution in [2.75, 3.05) is 0 Å². The van der Waals surface area contributed by atoms with E-state index in [0.717, 1.165) is 12.5 Å². The lowest BCUT2D eigenvalue weighted by atomic mass is 9.92. The van der Waals surface area contributed by atoms with E-state index in [0.29, 0.717) is 16.8 Å². The fourth-order valence-electron chi connectivity index (χ4n) is 1.82. The average molecular weight is 324 g/mol. The molecule has 102 valence electrons. The van der Waals surface area contributed by atoms with Crippen LogP contribution in [0.5, 0.6) is 0 Å². The van der Waals surface area contributed by atoms with Gasteiger partial charge in [-0.05, 0) is 30.0 Å². The van der Waals surface area contributed by atoms with Crippen molar-refractivity contribution < 1.29 is 13.2 Å². The van der Waals surface area contributed by atoms with Gasteiger partial charge in [0.05, 0.1) is 5.56 Å². The van der Waals surface area contributed by atoms with Gasteiger partial charge in [-0.1, -0.05) is 42.3 Å². The molecule has 0 fully saturated rings. The lowest BCUT2D eigenvalue weighted by Gasteiger charge is -2.21.